The van der Waals surface area contributed by atoms with Crippen LogP contribution in [0.25, 0.3) is 0 Å². The molecule has 0 aromatic carbocycles. The number of carbonyl (C=O) groups is 1. The van der Waals surface area contributed by atoms with Crippen LogP contribution in [0.4, 0.5) is 0 Å². The Labute approximate surface area is 101 Å². The van der Waals surface area contributed by atoms with E-state index in [1.807, 2.05) is 4.90 Å². The van der Waals surface area contributed by atoms with Crippen LogP contribution in [0.3, 0.4) is 0 Å². The van der Waals surface area contributed by atoms with Crippen molar-refractivity contribution < 1.29 is 9.53 Å². The van der Waals surface area contributed by atoms with Crippen molar-refractivity contribution in [1.29, 1.82) is 0 Å². The van der Waals surface area contributed by atoms with Crippen molar-refractivity contribution in [3.63, 3.8) is 0 Å². The molecular weight excluding hydrogens is 224 g/mol. The lowest BCUT2D eigenvalue weighted by Crippen LogP contribution is -2.42. The highest BCUT2D eigenvalue weighted by Gasteiger charge is 2.19. The zero-order chi connectivity index (χ0) is 11.2. The SMILES string of the molecule is O=C(CSC1CCCNC1)N1CCOCC1. The smallest absolute Gasteiger partial charge is 0.232 e. The lowest BCUT2D eigenvalue weighted by Gasteiger charge is -2.28. The minimum absolute atomic E-state index is 0.277. The zero-order valence-electron chi connectivity index (χ0n) is 9.61. The van der Waals surface area contributed by atoms with Gasteiger partial charge in [0, 0.05) is 24.9 Å². The Bertz CT molecular complexity index is 226. The number of morpholine rings is 1. The van der Waals surface area contributed by atoms with Gasteiger partial charge in [0.05, 0.1) is 19.0 Å². The Morgan fingerprint density at radius 2 is 2.25 bits per heavy atom. The van der Waals surface area contributed by atoms with Crippen molar-refractivity contribution >= 4 is 17.7 Å². The second-order valence-electron chi connectivity index (χ2n) is 4.27. The first-order chi connectivity index (χ1) is 7.86. The molecule has 92 valence electrons. The summed E-state index contributed by atoms with van der Waals surface area (Å²) in [5.41, 5.74) is 0. The number of amides is 1. The van der Waals surface area contributed by atoms with Crippen molar-refractivity contribution in [1.82, 2.24) is 10.2 Å². The summed E-state index contributed by atoms with van der Waals surface area (Å²) < 4.78 is 5.23. The Morgan fingerprint density at radius 1 is 1.44 bits per heavy atom. The van der Waals surface area contributed by atoms with Gasteiger partial charge in [-0.1, -0.05) is 0 Å². The van der Waals surface area contributed by atoms with Crippen LogP contribution in [0.15, 0.2) is 0 Å². The summed E-state index contributed by atoms with van der Waals surface area (Å²) >= 11 is 1.80. The molecule has 0 bridgehead atoms. The van der Waals surface area contributed by atoms with E-state index in [-0.39, 0.29) is 5.91 Å². The first-order valence-electron chi connectivity index (χ1n) is 6.04. The molecule has 1 N–H and O–H groups in total. The lowest BCUT2D eigenvalue weighted by molar-refractivity contribution is -0.132. The Morgan fingerprint density at radius 3 is 2.94 bits per heavy atom. The molecule has 1 atom stereocenters. The molecule has 2 aliphatic rings. The van der Waals surface area contributed by atoms with Gasteiger partial charge in [-0.15, -0.1) is 11.8 Å². The third-order valence-electron chi connectivity index (χ3n) is 3.06. The number of thioether (sulfide) groups is 1. The van der Waals surface area contributed by atoms with Gasteiger partial charge in [-0.05, 0) is 19.4 Å². The molecule has 0 spiro atoms. The third kappa shape index (κ3) is 3.64. The predicted molar refractivity (Wildman–Crippen MR) is 65.7 cm³/mol. The average Bonchev–Trinajstić information content (AvgIpc) is 2.38. The van der Waals surface area contributed by atoms with E-state index < -0.39 is 0 Å². The number of rotatable bonds is 3. The Balaban J connectivity index is 1.65. The molecule has 2 rings (SSSR count). The highest BCUT2D eigenvalue weighted by atomic mass is 32.2. The Kier molecular flexibility index (Phi) is 4.93. The maximum Gasteiger partial charge on any atom is 0.232 e. The average molecular weight is 244 g/mol. The predicted octanol–water partition coefficient (Wildman–Crippen LogP) is 0.330. The fourth-order valence-electron chi connectivity index (χ4n) is 2.06. The molecule has 2 heterocycles. The van der Waals surface area contributed by atoms with Gasteiger partial charge in [0.15, 0.2) is 0 Å². The number of ether oxygens (including phenoxy) is 1. The molecule has 0 aromatic rings. The van der Waals surface area contributed by atoms with Crippen LogP contribution in [0.1, 0.15) is 12.8 Å². The van der Waals surface area contributed by atoms with Gasteiger partial charge in [0.25, 0.3) is 0 Å². The van der Waals surface area contributed by atoms with Crippen LogP contribution in [0.2, 0.25) is 0 Å². The largest absolute Gasteiger partial charge is 0.378 e. The molecule has 0 aromatic heterocycles. The van der Waals surface area contributed by atoms with E-state index in [4.69, 9.17) is 4.74 Å². The van der Waals surface area contributed by atoms with Crippen LogP contribution in [-0.2, 0) is 9.53 Å². The minimum atomic E-state index is 0.277. The number of nitrogens with one attached hydrogen (secondary N) is 1. The topological polar surface area (TPSA) is 41.6 Å². The van der Waals surface area contributed by atoms with Crippen molar-refractivity contribution in [3.05, 3.63) is 0 Å². The fourth-order valence-corrected chi connectivity index (χ4v) is 3.19. The van der Waals surface area contributed by atoms with E-state index in [9.17, 15) is 4.79 Å². The lowest BCUT2D eigenvalue weighted by atomic mass is 10.2. The van der Waals surface area contributed by atoms with E-state index in [2.05, 4.69) is 5.32 Å². The second kappa shape index (κ2) is 6.47. The van der Waals surface area contributed by atoms with E-state index in [0.717, 1.165) is 26.2 Å². The molecule has 1 amide bonds. The maximum atomic E-state index is 11.9. The quantitative estimate of drug-likeness (QED) is 0.777. The van der Waals surface area contributed by atoms with E-state index in [0.29, 0.717) is 24.2 Å². The van der Waals surface area contributed by atoms with Crippen molar-refractivity contribution in [2.24, 2.45) is 0 Å². The molecule has 0 saturated carbocycles. The minimum Gasteiger partial charge on any atom is -0.378 e. The summed E-state index contributed by atoms with van der Waals surface area (Å²) in [6.07, 6.45) is 2.48. The summed E-state index contributed by atoms with van der Waals surface area (Å²) in [5.74, 6) is 0.908. The summed E-state index contributed by atoms with van der Waals surface area (Å²) in [6, 6.07) is 0. The first kappa shape index (κ1) is 12.2. The monoisotopic (exact) mass is 244 g/mol. The van der Waals surface area contributed by atoms with Gasteiger partial charge in [-0.2, -0.15) is 0 Å². The molecule has 4 nitrogen and oxygen atoms in total. The third-order valence-corrected chi connectivity index (χ3v) is 4.35. The van der Waals surface area contributed by atoms with Gasteiger partial charge in [0.2, 0.25) is 5.91 Å². The maximum absolute atomic E-state index is 11.9. The number of carbonyl (C=O) groups excluding carboxylic acids is 1. The molecule has 2 aliphatic heterocycles. The summed E-state index contributed by atoms with van der Waals surface area (Å²) in [6.45, 7) is 5.11. The summed E-state index contributed by atoms with van der Waals surface area (Å²) in [4.78, 5) is 13.8. The van der Waals surface area contributed by atoms with Gasteiger partial charge < -0.3 is 15.0 Å². The van der Waals surface area contributed by atoms with Crippen LogP contribution in [0.5, 0.6) is 0 Å². The van der Waals surface area contributed by atoms with Crippen LogP contribution in [-0.4, -0.2) is 61.2 Å². The molecule has 16 heavy (non-hydrogen) atoms. The highest BCUT2D eigenvalue weighted by molar-refractivity contribution is 8.00. The van der Waals surface area contributed by atoms with Gasteiger partial charge >= 0.3 is 0 Å². The number of hydrogen-bond acceptors (Lipinski definition) is 4. The fraction of sp³-hybridized carbons (Fsp3) is 0.909. The van der Waals surface area contributed by atoms with Crippen molar-refractivity contribution in [2.45, 2.75) is 18.1 Å². The number of nitrogens with zero attached hydrogens (tertiary/aromatic N) is 1. The van der Waals surface area contributed by atoms with E-state index >= 15 is 0 Å². The first-order valence-corrected chi connectivity index (χ1v) is 7.09. The van der Waals surface area contributed by atoms with Gasteiger partial charge in [-0.3, -0.25) is 4.79 Å². The normalized spacial score (nSPS) is 26.8. The molecule has 2 saturated heterocycles. The zero-order valence-corrected chi connectivity index (χ0v) is 10.4. The molecule has 0 radical (unpaired) electrons. The van der Waals surface area contributed by atoms with Crippen molar-refractivity contribution in [3.8, 4) is 0 Å². The Hall–Kier alpha value is -0.260. The number of piperidine rings is 1. The highest BCUT2D eigenvalue weighted by Crippen LogP contribution is 2.18. The van der Waals surface area contributed by atoms with E-state index in [1.165, 1.54) is 12.8 Å². The van der Waals surface area contributed by atoms with Crippen LogP contribution >= 0.6 is 11.8 Å². The molecule has 2 fully saturated rings. The molecule has 0 aliphatic carbocycles. The van der Waals surface area contributed by atoms with Crippen molar-refractivity contribution in [2.75, 3.05) is 45.1 Å². The standard InChI is InChI=1S/C11H20N2O2S/c14-11(13-4-6-15-7-5-13)9-16-10-2-1-3-12-8-10/h10,12H,1-9H2. The molecule has 1 unspecified atom stereocenters. The van der Waals surface area contributed by atoms with Crippen LogP contribution < -0.4 is 5.32 Å². The van der Waals surface area contributed by atoms with Crippen LogP contribution in [0, 0.1) is 0 Å². The second-order valence-corrected chi connectivity index (χ2v) is 5.56. The summed E-state index contributed by atoms with van der Waals surface area (Å²) in [5, 5.41) is 4.00. The van der Waals surface area contributed by atoms with Gasteiger partial charge in [-0.25, -0.2) is 0 Å². The van der Waals surface area contributed by atoms with Gasteiger partial charge in [0.1, 0.15) is 0 Å². The summed E-state index contributed by atoms with van der Waals surface area (Å²) in [7, 11) is 0. The number of hydrogen-bond donors (Lipinski definition) is 1. The molecular formula is C11H20N2O2S. The van der Waals surface area contributed by atoms with E-state index in [1.54, 1.807) is 11.8 Å². The molecule has 5 heteroatoms.